The molecule has 49 heavy (non-hydrogen) atoms. The van der Waals surface area contributed by atoms with Crippen molar-refractivity contribution in [3.05, 3.63) is 53.4 Å². The van der Waals surface area contributed by atoms with Crippen LogP contribution in [-0.4, -0.2) is 71.4 Å². The molecule has 1 aromatic carbocycles. The van der Waals surface area contributed by atoms with E-state index < -0.39 is 53.8 Å². The summed E-state index contributed by atoms with van der Waals surface area (Å²) in [6.45, 7) is 11.1. The monoisotopic (exact) mass is 682 g/mol. The van der Waals surface area contributed by atoms with E-state index in [1.54, 1.807) is 20.8 Å². The van der Waals surface area contributed by atoms with Crippen molar-refractivity contribution in [1.82, 2.24) is 31.7 Å². The minimum atomic E-state index is -1.01. The van der Waals surface area contributed by atoms with Crippen molar-refractivity contribution in [2.75, 3.05) is 6.54 Å². The fraction of sp³-hybridized carbons (Fsp3) is 0.571. The number of nitrogens with zero attached hydrogens (tertiary/aromatic N) is 1. The summed E-state index contributed by atoms with van der Waals surface area (Å²) in [6.07, 6.45) is 1.51. The van der Waals surface area contributed by atoms with E-state index in [0.29, 0.717) is 31.6 Å². The number of rotatable bonds is 18. The highest BCUT2D eigenvalue weighted by Gasteiger charge is 2.33. The molecule has 1 aliphatic heterocycles. The van der Waals surface area contributed by atoms with Gasteiger partial charge in [0.05, 0.1) is 0 Å². The second-order valence-corrected chi connectivity index (χ2v) is 13.3. The van der Waals surface area contributed by atoms with Crippen LogP contribution in [0.15, 0.2) is 40.9 Å². The lowest BCUT2D eigenvalue weighted by Gasteiger charge is -2.28. The van der Waals surface area contributed by atoms with Gasteiger partial charge in [0.1, 0.15) is 30.5 Å². The van der Waals surface area contributed by atoms with E-state index in [1.165, 1.54) is 13.0 Å². The Morgan fingerprint density at radius 3 is 2.27 bits per heavy atom. The topological polar surface area (TPSA) is 198 Å². The van der Waals surface area contributed by atoms with Crippen LogP contribution in [0.2, 0.25) is 0 Å². The zero-order chi connectivity index (χ0) is 36.1. The highest BCUT2D eigenvalue weighted by atomic mass is 16.5. The van der Waals surface area contributed by atoms with E-state index >= 15 is 0 Å². The SMILES string of the molecule is Cc1cc(C(=O)N[C@@H](C)C(=O)N[C@H](C(=O)N[C@@H](CC(C)C)C(=O)N[C@H](CCC(=O)OCc2ccccc2)C[C@@H]2CCNC2=O)C(C)C)no1. The van der Waals surface area contributed by atoms with Crippen molar-refractivity contribution >= 4 is 35.5 Å². The molecule has 5 N–H and O–H groups in total. The summed E-state index contributed by atoms with van der Waals surface area (Å²) in [7, 11) is 0. The Balaban J connectivity index is 1.65. The van der Waals surface area contributed by atoms with E-state index in [9.17, 15) is 28.8 Å². The summed E-state index contributed by atoms with van der Waals surface area (Å²) < 4.78 is 10.3. The number of amides is 5. The van der Waals surface area contributed by atoms with Gasteiger partial charge < -0.3 is 35.8 Å². The van der Waals surface area contributed by atoms with Crippen LogP contribution >= 0.6 is 0 Å². The molecule has 1 saturated heterocycles. The first-order valence-corrected chi connectivity index (χ1v) is 16.9. The lowest BCUT2D eigenvalue weighted by Crippen LogP contribution is -2.58. The van der Waals surface area contributed by atoms with Crippen molar-refractivity contribution in [3.63, 3.8) is 0 Å². The van der Waals surface area contributed by atoms with Crippen molar-refractivity contribution in [2.24, 2.45) is 17.8 Å². The molecule has 1 fully saturated rings. The molecule has 0 radical (unpaired) electrons. The number of carbonyl (C=O) groups excluding carboxylic acids is 6. The summed E-state index contributed by atoms with van der Waals surface area (Å²) in [4.78, 5) is 77.8. The smallest absolute Gasteiger partial charge is 0.306 e. The molecule has 14 heteroatoms. The van der Waals surface area contributed by atoms with Crippen molar-refractivity contribution in [1.29, 1.82) is 0 Å². The normalized spacial score (nSPS) is 16.7. The molecule has 0 aliphatic carbocycles. The second kappa shape index (κ2) is 18.7. The Bertz CT molecular complexity index is 1440. The van der Waals surface area contributed by atoms with Crippen molar-refractivity contribution in [3.8, 4) is 0 Å². The van der Waals surface area contributed by atoms with E-state index in [4.69, 9.17) is 9.26 Å². The number of aryl methyl sites for hydroxylation is 1. The molecule has 2 heterocycles. The minimum Gasteiger partial charge on any atom is -0.461 e. The summed E-state index contributed by atoms with van der Waals surface area (Å²) in [5.41, 5.74) is 0.876. The fourth-order valence-electron chi connectivity index (χ4n) is 5.45. The van der Waals surface area contributed by atoms with Gasteiger partial charge in [-0.3, -0.25) is 28.8 Å². The van der Waals surface area contributed by atoms with Gasteiger partial charge in [0.25, 0.3) is 5.91 Å². The quantitative estimate of drug-likeness (QED) is 0.147. The largest absolute Gasteiger partial charge is 0.461 e. The van der Waals surface area contributed by atoms with Crippen LogP contribution in [0.5, 0.6) is 0 Å². The van der Waals surface area contributed by atoms with Gasteiger partial charge >= 0.3 is 5.97 Å². The standard InChI is InChI=1S/C35H50N6O8/c1-20(2)16-27(39-35(47)30(21(3)4)40-31(43)23(6)37-34(46)28-17-22(5)49-41-28)33(45)38-26(18-25-14-15-36-32(25)44)12-13-29(42)48-19-24-10-8-7-9-11-24/h7-11,17,20-21,23,25-27,30H,12-16,18-19H2,1-6H3,(H,36,44)(H,37,46)(H,38,45)(H,39,47)(H,40,43)/t23-,25-,26+,27-,30-/m0/s1. The minimum absolute atomic E-state index is 0.0190. The molecule has 0 unspecified atom stereocenters. The zero-order valence-electron chi connectivity index (χ0n) is 29.2. The third-order valence-corrected chi connectivity index (χ3v) is 8.21. The second-order valence-electron chi connectivity index (χ2n) is 13.3. The molecule has 5 atom stereocenters. The van der Waals surface area contributed by atoms with E-state index in [2.05, 4.69) is 31.7 Å². The van der Waals surface area contributed by atoms with Gasteiger partial charge in [-0.1, -0.05) is 63.2 Å². The molecule has 5 amide bonds. The van der Waals surface area contributed by atoms with E-state index in [0.717, 1.165) is 5.56 Å². The Morgan fingerprint density at radius 1 is 0.959 bits per heavy atom. The lowest BCUT2D eigenvalue weighted by atomic mass is 9.94. The molecule has 0 saturated carbocycles. The number of benzene rings is 1. The van der Waals surface area contributed by atoms with E-state index in [-0.39, 0.29) is 48.8 Å². The van der Waals surface area contributed by atoms with Crippen LogP contribution in [0.1, 0.15) is 88.5 Å². The van der Waals surface area contributed by atoms with Gasteiger partial charge in [-0.2, -0.15) is 0 Å². The zero-order valence-corrected chi connectivity index (χ0v) is 29.2. The van der Waals surface area contributed by atoms with Crippen molar-refractivity contribution in [2.45, 2.75) is 104 Å². The molecule has 1 aromatic heterocycles. The number of esters is 1. The van der Waals surface area contributed by atoms with Crippen LogP contribution < -0.4 is 26.6 Å². The predicted octanol–water partition coefficient (Wildman–Crippen LogP) is 2.31. The van der Waals surface area contributed by atoms with Gasteiger partial charge in [0, 0.05) is 31.0 Å². The first-order valence-electron chi connectivity index (χ1n) is 16.9. The highest BCUT2D eigenvalue weighted by Crippen LogP contribution is 2.20. The summed E-state index contributed by atoms with van der Waals surface area (Å²) in [6, 6.07) is 7.23. The molecule has 2 aromatic rings. The van der Waals surface area contributed by atoms with Gasteiger partial charge in [0.2, 0.25) is 23.6 Å². The number of ether oxygens (including phenoxy) is 1. The molecule has 0 bridgehead atoms. The van der Waals surface area contributed by atoms with E-state index in [1.807, 2.05) is 44.2 Å². The van der Waals surface area contributed by atoms with Gasteiger partial charge in [-0.25, -0.2) is 0 Å². The highest BCUT2D eigenvalue weighted by molar-refractivity contribution is 5.97. The lowest BCUT2D eigenvalue weighted by molar-refractivity contribution is -0.145. The number of hydrogen-bond donors (Lipinski definition) is 5. The predicted molar refractivity (Wildman–Crippen MR) is 179 cm³/mol. The Labute approximate surface area is 287 Å². The van der Waals surface area contributed by atoms with Crippen LogP contribution in [0.3, 0.4) is 0 Å². The first kappa shape index (κ1) is 38.7. The Kier molecular flexibility index (Phi) is 14.8. The summed E-state index contributed by atoms with van der Waals surface area (Å²) in [5, 5.41) is 17.5. The molecule has 1 aliphatic rings. The van der Waals surface area contributed by atoms with Gasteiger partial charge in [-0.15, -0.1) is 0 Å². The van der Waals surface area contributed by atoms with Gasteiger partial charge in [-0.05, 0) is 56.9 Å². The maximum absolute atomic E-state index is 13.7. The van der Waals surface area contributed by atoms with Crippen LogP contribution in [0, 0.1) is 24.7 Å². The fourth-order valence-corrected chi connectivity index (χ4v) is 5.45. The number of hydrogen-bond acceptors (Lipinski definition) is 9. The van der Waals surface area contributed by atoms with Crippen LogP contribution in [0.25, 0.3) is 0 Å². The average molecular weight is 683 g/mol. The molecule has 3 rings (SSSR count). The third kappa shape index (κ3) is 12.7. The number of carbonyl (C=O) groups is 6. The van der Waals surface area contributed by atoms with Gasteiger partial charge in [0.15, 0.2) is 5.69 Å². The molecule has 268 valence electrons. The van der Waals surface area contributed by atoms with Crippen LogP contribution in [-0.2, 0) is 35.3 Å². The number of nitrogens with one attached hydrogen (secondary N) is 5. The third-order valence-electron chi connectivity index (χ3n) is 8.21. The Morgan fingerprint density at radius 2 is 1.67 bits per heavy atom. The maximum Gasteiger partial charge on any atom is 0.306 e. The summed E-state index contributed by atoms with van der Waals surface area (Å²) in [5.74, 6) is -2.97. The molecular formula is C35H50N6O8. The average Bonchev–Trinajstić information content (AvgIpc) is 3.68. The molecular weight excluding hydrogens is 632 g/mol. The maximum atomic E-state index is 13.7. The first-order chi connectivity index (χ1) is 23.2. The molecule has 14 nitrogen and oxygen atoms in total. The van der Waals surface area contributed by atoms with Crippen molar-refractivity contribution < 1.29 is 38.0 Å². The molecule has 0 spiro atoms. The number of aromatic nitrogens is 1. The summed E-state index contributed by atoms with van der Waals surface area (Å²) >= 11 is 0. The Hall–Kier alpha value is -4.75. The van der Waals surface area contributed by atoms with Crippen LogP contribution in [0.4, 0.5) is 0 Å².